The highest BCUT2D eigenvalue weighted by Gasteiger charge is 2.31. The Morgan fingerprint density at radius 3 is 1.00 bits per heavy atom. The largest absolute Gasteiger partial charge is 0.310 e. The van der Waals surface area contributed by atoms with Crippen LogP contribution >= 0.6 is 0 Å². The van der Waals surface area contributed by atoms with Crippen LogP contribution in [0.5, 0.6) is 0 Å². The Morgan fingerprint density at radius 1 is 0.284 bits per heavy atom. The third-order valence-electron chi connectivity index (χ3n) is 15.9. The van der Waals surface area contributed by atoms with Gasteiger partial charge < -0.3 is 18.6 Å². The number of nitrogens with zero attached hydrogens (tertiary/aromatic N) is 4. The molecule has 0 aliphatic carbocycles. The minimum Gasteiger partial charge on any atom is -0.310 e. The van der Waals surface area contributed by atoms with E-state index in [0.717, 1.165) is 47.0 Å². The SMILES string of the molecule is CCc1ccc(N(c2ccccc2)c2ccc3c(c2)c2cccc4c5c(-c6ccccc6)c6c(c(-c7ccccc7)c5n3c24)c2cccc3c4cc(N(c5ccccc5)c5ccc(CC)cc5)ccc4n6c32)cc1. The molecule has 4 nitrogen and oxygen atoms in total. The average molecular weight is 947 g/mol. The number of aromatic nitrogens is 2. The van der Waals surface area contributed by atoms with Crippen molar-refractivity contribution < 1.29 is 0 Å². The summed E-state index contributed by atoms with van der Waals surface area (Å²) in [7, 11) is 0. The van der Waals surface area contributed by atoms with Crippen LogP contribution in [0, 0.1) is 0 Å². The maximum Gasteiger partial charge on any atom is 0.0634 e. The fourth-order valence-electron chi connectivity index (χ4n) is 12.5. The number of anilines is 6. The van der Waals surface area contributed by atoms with Gasteiger partial charge in [0.25, 0.3) is 0 Å². The summed E-state index contributed by atoms with van der Waals surface area (Å²) in [6.07, 6.45) is 2.01. The van der Waals surface area contributed by atoms with Gasteiger partial charge in [0, 0.05) is 88.3 Å². The lowest BCUT2D eigenvalue weighted by Crippen LogP contribution is -2.09. The minimum atomic E-state index is 1.00. The molecule has 0 fully saturated rings. The van der Waals surface area contributed by atoms with Crippen LogP contribution in [0.2, 0.25) is 0 Å². The molecule has 4 aromatic heterocycles. The van der Waals surface area contributed by atoms with Gasteiger partial charge >= 0.3 is 0 Å². The second kappa shape index (κ2) is 16.6. The van der Waals surface area contributed by atoms with Gasteiger partial charge in [-0.15, -0.1) is 0 Å². The van der Waals surface area contributed by atoms with E-state index < -0.39 is 0 Å². The van der Waals surface area contributed by atoms with E-state index in [-0.39, 0.29) is 0 Å². The Morgan fingerprint density at radius 2 is 0.622 bits per heavy atom. The molecule has 0 N–H and O–H groups in total. The fraction of sp³-hybridized carbons (Fsp3) is 0.0571. The van der Waals surface area contributed by atoms with Gasteiger partial charge in [-0.05, 0) is 120 Å². The molecular weight excluding hydrogens is 897 g/mol. The number of aryl methyl sites for hydroxylation is 2. The number of hydrogen-bond acceptors (Lipinski definition) is 2. The van der Waals surface area contributed by atoms with Crippen molar-refractivity contribution in [2.75, 3.05) is 9.80 Å². The van der Waals surface area contributed by atoms with Crippen molar-refractivity contribution in [2.24, 2.45) is 0 Å². The number of benzene rings is 11. The second-order valence-electron chi connectivity index (χ2n) is 19.8. The standard InChI is InChI=1S/C70H50N4/c1-3-45-31-35-51(36-32-45)71(49-23-13-7-14-24-49)53-39-41-61-59(43-53)55-27-17-29-57-65-64(48-21-11-6-12-22-48)70-66(63(47-19-9-5-10-20-47)69(65)73(61)67(55)57)58-30-18-28-56-60-44-54(40-42-62(60)74(70)68(56)58)72(50-25-15-8-16-26-50)52-37-33-46(4-2)34-38-52/h5-44H,3-4H2,1-2H3. The van der Waals surface area contributed by atoms with E-state index >= 15 is 0 Å². The highest BCUT2D eigenvalue weighted by molar-refractivity contribution is 6.38. The maximum atomic E-state index is 2.61. The Labute approximate surface area is 429 Å². The van der Waals surface area contributed by atoms with Gasteiger partial charge in [-0.1, -0.05) is 172 Å². The molecule has 15 aromatic rings. The molecule has 4 heterocycles. The molecule has 0 unspecified atom stereocenters. The molecule has 0 bridgehead atoms. The van der Waals surface area contributed by atoms with Gasteiger partial charge in [-0.3, -0.25) is 0 Å². The molecule has 0 saturated carbocycles. The predicted octanol–water partition coefficient (Wildman–Crippen LogP) is 19.4. The predicted molar refractivity (Wildman–Crippen MR) is 315 cm³/mol. The quantitative estimate of drug-likeness (QED) is 0.136. The van der Waals surface area contributed by atoms with Crippen molar-refractivity contribution in [2.45, 2.75) is 26.7 Å². The monoisotopic (exact) mass is 946 g/mol. The molecule has 0 radical (unpaired) electrons. The topological polar surface area (TPSA) is 15.3 Å². The minimum absolute atomic E-state index is 1.00. The highest BCUT2D eigenvalue weighted by atomic mass is 15.1. The molecular formula is C70H50N4. The Bertz CT molecular complexity index is 4280. The van der Waals surface area contributed by atoms with Crippen molar-refractivity contribution in [3.8, 4) is 22.3 Å². The summed E-state index contributed by atoms with van der Waals surface area (Å²) in [5.41, 5.74) is 21.7. The Balaban J connectivity index is 1.06. The zero-order valence-electron chi connectivity index (χ0n) is 41.3. The molecule has 0 saturated heterocycles. The lowest BCUT2D eigenvalue weighted by Gasteiger charge is -2.26. The molecule has 15 rings (SSSR count). The summed E-state index contributed by atoms with van der Waals surface area (Å²) >= 11 is 0. The van der Waals surface area contributed by atoms with Crippen LogP contribution in [-0.4, -0.2) is 8.80 Å². The number of rotatable bonds is 10. The van der Waals surface area contributed by atoms with Gasteiger partial charge in [0.2, 0.25) is 0 Å². The van der Waals surface area contributed by atoms with Crippen LogP contribution in [-0.2, 0) is 12.8 Å². The smallest absolute Gasteiger partial charge is 0.0634 e. The molecule has 74 heavy (non-hydrogen) atoms. The number of hydrogen-bond donors (Lipinski definition) is 0. The normalized spacial score (nSPS) is 12.0. The molecule has 0 atom stereocenters. The van der Waals surface area contributed by atoms with Crippen LogP contribution in [0.25, 0.3) is 98.4 Å². The first-order valence-corrected chi connectivity index (χ1v) is 26.1. The maximum absolute atomic E-state index is 2.61. The van der Waals surface area contributed by atoms with Crippen LogP contribution in [0.4, 0.5) is 34.1 Å². The summed E-state index contributed by atoms with van der Waals surface area (Å²) in [6.45, 7) is 4.43. The third-order valence-corrected chi connectivity index (χ3v) is 15.9. The van der Waals surface area contributed by atoms with E-state index in [1.807, 2.05) is 0 Å². The van der Waals surface area contributed by atoms with Crippen LogP contribution in [0.15, 0.2) is 243 Å². The van der Waals surface area contributed by atoms with E-state index in [2.05, 4.69) is 275 Å². The van der Waals surface area contributed by atoms with Crippen LogP contribution in [0.1, 0.15) is 25.0 Å². The first kappa shape index (κ1) is 42.3. The van der Waals surface area contributed by atoms with Crippen molar-refractivity contribution in [1.82, 2.24) is 8.80 Å². The lowest BCUT2D eigenvalue weighted by atomic mass is 9.89. The van der Waals surface area contributed by atoms with Gasteiger partial charge in [0.1, 0.15) is 0 Å². The molecule has 4 heteroatoms. The van der Waals surface area contributed by atoms with E-state index in [1.165, 1.54) is 110 Å². The molecule has 11 aromatic carbocycles. The summed E-state index contributed by atoms with van der Waals surface area (Å²) in [5, 5.41) is 10.0. The molecule has 0 spiro atoms. The summed E-state index contributed by atoms with van der Waals surface area (Å²) in [5.74, 6) is 0. The van der Waals surface area contributed by atoms with E-state index in [0.29, 0.717) is 0 Å². The van der Waals surface area contributed by atoms with Gasteiger partial charge in [0.15, 0.2) is 0 Å². The Hall–Kier alpha value is -9.38. The fourth-order valence-corrected chi connectivity index (χ4v) is 12.5. The van der Waals surface area contributed by atoms with E-state index in [1.54, 1.807) is 0 Å². The van der Waals surface area contributed by atoms with Crippen molar-refractivity contribution in [3.05, 3.63) is 254 Å². The zero-order chi connectivity index (χ0) is 49.0. The Kier molecular flexibility index (Phi) is 9.49. The zero-order valence-corrected chi connectivity index (χ0v) is 41.3. The van der Waals surface area contributed by atoms with Gasteiger partial charge in [-0.2, -0.15) is 0 Å². The third kappa shape index (κ3) is 6.15. The highest BCUT2D eigenvalue weighted by Crippen LogP contribution is 2.54. The molecule has 0 aliphatic rings. The van der Waals surface area contributed by atoms with Crippen molar-refractivity contribution >= 4 is 110 Å². The van der Waals surface area contributed by atoms with Gasteiger partial charge in [0.05, 0.1) is 33.1 Å². The van der Waals surface area contributed by atoms with Crippen LogP contribution < -0.4 is 9.80 Å². The van der Waals surface area contributed by atoms with E-state index in [4.69, 9.17) is 0 Å². The summed E-state index contributed by atoms with van der Waals surface area (Å²) in [4.78, 5) is 4.79. The molecule has 0 amide bonds. The first-order valence-electron chi connectivity index (χ1n) is 26.1. The first-order chi connectivity index (χ1) is 36.7. The molecule has 0 aliphatic heterocycles. The number of fused-ring (bicyclic) bond motifs is 12. The summed E-state index contributed by atoms with van der Waals surface area (Å²) < 4.78 is 5.22. The average Bonchev–Trinajstić information content (AvgIpc) is 4.22. The van der Waals surface area contributed by atoms with Crippen molar-refractivity contribution in [3.63, 3.8) is 0 Å². The van der Waals surface area contributed by atoms with Crippen LogP contribution in [0.3, 0.4) is 0 Å². The molecule has 350 valence electrons. The van der Waals surface area contributed by atoms with E-state index in [9.17, 15) is 0 Å². The van der Waals surface area contributed by atoms with Gasteiger partial charge in [-0.25, -0.2) is 0 Å². The lowest BCUT2D eigenvalue weighted by molar-refractivity contribution is 1.14. The second-order valence-corrected chi connectivity index (χ2v) is 19.8. The summed E-state index contributed by atoms with van der Waals surface area (Å²) in [6, 6.07) is 90.2. The van der Waals surface area contributed by atoms with Crippen molar-refractivity contribution in [1.29, 1.82) is 0 Å². The number of para-hydroxylation sites is 4.